The van der Waals surface area contributed by atoms with Crippen LogP contribution in [-0.2, 0) is 9.84 Å². The van der Waals surface area contributed by atoms with E-state index in [0.717, 1.165) is 42.4 Å². The van der Waals surface area contributed by atoms with Crippen molar-refractivity contribution in [3.05, 3.63) is 28.8 Å². The van der Waals surface area contributed by atoms with Crippen molar-refractivity contribution in [3.63, 3.8) is 0 Å². The molecule has 0 spiro atoms. The van der Waals surface area contributed by atoms with E-state index in [9.17, 15) is 13.2 Å². The second-order valence-electron chi connectivity index (χ2n) is 5.96. The van der Waals surface area contributed by atoms with Crippen LogP contribution in [0.2, 0.25) is 0 Å². The Bertz CT molecular complexity index is 611. The van der Waals surface area contributed by atoms with Gasteiger partial charge >= 0.3 is 0 Å². The smallest absolute Gasteiger partial charge is 0.150 e. The van der Waals surface area contributed by atoms with Gasteiger partial charge in [0.1, 0.15) is 21.9 Å². The van der Waals surface area contributed by atoms with Crippen LogP contribution in [0, 0.1) is 13.8 Å². The van der Waals surface area contributed by atoms with Crippen LogP contribution in [0.15, 0.2) is 12.1 Å². The number of aldehydes is 1. The molecule has 0 saturated heterocycles. The van der Waals surface area contributed by atoms with Gasteiger partial charge in [0.25, 0.3) is 0 Å². The zero-order valence-electron chi connectivity index (χ0n) is 12.8. The van der Waals surface area contributed by atoms with Crippen LogP contribution in [0.5, 0.6) is 5.75 Å². The molecule has 1 aromatic rings. The van der Waals surface area contributed by atoms with Crippen LogP contribution in [0.1, 0.15) is 47.2 Å². The highest BCUT2D eigenvalue weighted by atomic mass is 32.2. The highest BCUT2D eigenvalue weighted by Gasteiger charge is 2.30. The Balaban J connectivity index is 2.17. The average Bonchev–Trinajstić information content (AvgIpc) is 2.42. The van der Waals surface area contributed by atoms with E-state index >= 15 is 0 Å². The molecule has 0 N–H and O–H groups in total. The number of carbonyl (C=O) groups is 1. The average molecular weight is 310 g/mol. The van der Waals surface area contributed by atoms with Gasteiger partial charge in [0.05, 0.1) is 11.4 Å². The van der Waals surface area contributed by atoms with E-state index in [1.165, 1.54) is 6.26 Å². The Hall–Kier alpha value is -1.36. The molecule has 2 atom stereocenters. The molecule has 1 fully saturated rings. The summed E-state index contributed by atoms with van der Waals surface area (Å²) in [6.07, 6.45) is 5.07. The number of sulfone groups is 1. The van der Waals surface area contributed by atoms with E-state index < -0.39 is 9.84 Å². The van der Waals surface area contributed by atoms with Gasteiger partial charge in [0, 0.05) is 18.2 Å². The summed E-state index contributed by atoms with van der Waals surface area (Å²) in [4.78, 5) is 10.9. The zero-order chi connectivity index (χ0) is 15.6. The molecule has 1 aliphatic carbocycles. The number of rotatable bonds is 4. The maximum atomic E-state index is 11.7. The number of hydrogen-bond donors (Lipinski definition) is 0. The van der Waals surface area contributed by atoms with Gasteiger partial charge in [0.15, 0.2) is 0 Å². The predicted octanol–water partition coefficient (Wildman–Crippen LogP) is 2.85. The summed E-state index contributed by atoms with van der Waals surface area (Å²) in [6.45, 7) is 3.82. The van der Waals surface area contributed by atoms with Crippen molar-refractivity contribution in [3.8, 4) is 5.75 Å². The number of benzene rings is 1. The fourth-order valence-corrected chi connectivity index (χ4v) is 4.16. The SMILES string of the molecule is Cc1cc(C=O)cc(C)c1OC1CCCC(S(C)(=O)=O)C1. The Morgan fingerprint density at radius 1 is 1.19 bits per heavy atom. The van der Waals surface area contributed by atoms with Crippen molar-refractivity contribution >= 4 is 16.1 Å². The molecule has 2 rings (SSSR count). The first-order chi connectivity index (χ1) is 9.81. The lowest BCUT2D eigenvalue weighted by atomic mass is 9.96. The van der Waals surface area contributed by atoms with Gasteiger partial charge in [-0.05, 0) is 56.4 Å². The van der Waals surface area contributed by atoms with Gasteiger partial charge in [0.2, 0.25) is 0 Å². The molecule has 0 amide bonds. The molecule has 4 nitrogen and oxygen atoms in total. The van der Waals surface area contributed by atoms with Gasteiger partial charge in [-0.25, -0.2) is 8.42 Å². The second-order valence-corrected chi connectivity index (χ2v) is 8.29. The summed E-state index contributed by atoms with van der Waals surface area (Å²) in [5, 5.41) is -0.300. The predicted molar refractivity (Wildman–Crippen MR) is 82.8 cm³/mol. The summed E-state index contributed by atoms with van der Waals surface area (Å²) in [5.41, 5.74) is 2.46. The van der Waals surface area contributed by atoms with Gasteiger partial charge in [-0.15, -0.1) is 0 Å². The molecule has 1 aromatic carbocycles. The van der Waals surface area contributed by atoms with Crippen molar-refractivity contribution in [1.82, 2.24) is 0 Å². The van der Waals surface area contributed by atoms with Crippen LogP contribution < -0.4 is 4.74 Å². The normalized spacial score (nSPS) is 22.8. The Kier molecular flexibility index (Phi) is 4.71. The maximum Gasteiger partial charge on any atom is 0.150 e. The topological polar surface area (TPSA) is 60.4 Å². The molecular weight excluding hydrogens is 288 g/mol. The quantitative estimate of drug-likeness (QED) is 0.802. The van der Waals surface area contributed by atoms with Crippen LogP contribution in [0.4, 0.5) is 0 Å². The third-order valence-electron chi connectivity index (χ3n) is 4.09. The second kappa shape index (κ2) is 6.18. The number of carbonyl (C=O) groups excluding carboxylic acids is 1. The van der Waals surface area contributed by atoms with Crippen LogP contribution in [0.25, 0.3) is 0 Å². The standard InChI is InChI=1S/C16H22O4S/c1-11-7-13(10-17)8-12(2)16(11)20-14-5-4-6-15(9-14)21(3,18)19/h7-8,10,14-15H,4-6,9H2,1-3H3. The fraction of sp³-hybridized carbons (Fsp3) is 0.562. The molecule has 21 heavy (non-hydrogen) atoms. The van der Waals surface area contributed by atoms with Gasteiger partial charge < -0.3 is 4.74 Å². The summed E-state index contributed by atoms with van der Waals surface area (Å²) in [5.74, 6) is 0.778. The summed E-state index contributed by atoms with van der Waals surface area (Å²) < 4.78 is 29.5. The van der Waals surface area contributed by atoms with E-state index in [-0.39, 0.29) is 11.4 Å². The van der Waals surface area contributed by atoms with Crippen LogP contribution in [-0.4, -0.2) is 32.3 Å². The number of hydrogen-bond acceptors (Lipinski definition) is 4. The van der Waals surface area contributed by atoms with E-state index in [1.54, 1.807) is 12.1 Å². The van der Waals surface area contributed by atoms with Gasteiger partial charge in [-0.1, -0.05) is 0 Å². The highest BCUT2D eigenvalue weighted by molar-refractivity contribution is 7.91. The largest absolute Gasteiger partial charge is 0.490 e. The molecule has 2 unspecified atom stereocenters. The summed E-state index contributed by atoms with van der Waals surface area (Å²) >= 11 is 0. The van der Waals surface area contributed by atoms with Gasteiger partial charge in [-0.2, -0.15) is 0 Å². The van der Waals surface area contributed by atoms with Crippen LogP contribution in [0.3, 0.4) is 0 Å². The minimum absolute atomic E-state index is 0.0713. The molecule has 0 aromatic heterocycles. The molecule has 116 valence electrons. The fourth-order valence-electron chi connectivity index (χ4n) is 3.00. The minimum Gasteiger partial charge on any atom is -0.490 e. The van der Waals surface area contributed by atoms with E-state index in [1.807, 2.05) is 13.8 Å². The van der Waals surface area contributed by atoms with Crippen molar-refractivity contribution in [2.24, 2.45) is 0 Å². The minimum atomic E-state index is -3.01. The third kappa shape index (κ3) is 3.84. The maximum absolute atomic E-state index is 11.7. The Morgan fingerprint density at radius 3 is 2.33 bits per heavy atom. The highest BCUT2D eigenvalue weighted by Crippen LogP contribution is 2.31. The van der Waals surface area contributed by atoms with E-state index in [2.05, 4.69) is 0 Å². The summed E-state index contributed by atoms with van der Waals surface area (Å²) in [6, 6.07) is 3.60. The molecule has 0 radical (unpaired) electrons. The molecule has 1 aliphatic rings. The first-order valence-electron chi connectivity index (χ1n) is 7.23. The molecule has 1 saturated carbocycles. The van der Waals surface area contributed by atoms with E-state index in [4.69, 9.17) is 4.74 Å². The van der Waals surface area contributed by atoms with E-state index in [0.29, 0.717) is 12.0 Å². The lowest BCUT2D eigenvalue weighted by Gasteiger charge is -2.29. The Labute approximate surface area is 126 Å². The van der Waals surface area contributed by atoms with Crippen molar-refractivity contribution in [1.29, 1.82) is 0 Å². The van der Waals surface area contributed by atoms with Crippen molar-refractivity contribution in [2.45, 2.75) is 50.9 Å². The molecule has 0 bridgehead atoms. The first kappa shape index (κ1) is 16.0. The first-order valence-corrected chi connectivity index (χ1v) is 9.18. The van der Waals surface area contributed by atoms with Crippen LogP contribution >= 0.6 is 0 Å². The molecule has 0 heterocycles. The number of aryl methyl sites for hydroxylation is 2. The monoisotopic (exact) mass is 310 g/mol. The van der Waals surface area contributed by atoms with Crippen molar-refractivity contribution in [2.75, 3.05) is 6.26 Å². The number of ether oxygens (including phenoxy) is 1. The van der Waals surface area contributed by atoms with Gasteiger partial charge in [-0.3, -0.25) is 4.79 Å². The summed E-state index contributed by atoms with van der Waals surface area (Å²) in [7, 11) is -3.01. The molecule has 0 aliphatic heterocycles. The molecule has 5 heteroatoms. The zero-order valence-corrected chi connectivity index (χ0v) is 13.6. The molecular formula is C16H22O4S. The Morgan fingerprint density at radius 2 is 1.81 bits per heavy atom. The third-order valence-corrected chi connectivity index (χ3v) is 5.73. The lowest BCUT2D eigenvalue weighted by molar-refractivity contribution is 0.112. The lowest BCUT2D eigenvalue weighted by Crippen LogP contribution is -2.33. The van der Waals surface area contributed by atoms with Crippen molar-refractivity contribution < 1.29 is 17.9 Å².